The summed E-state index contributed by atoms with van der Waals surface area (Å²) in [5, 5.41) is 0. The molecule has 0 saturated heterocycles. The van der Waals surface area contributed by atoms with Crippen LogP contribution < -0.4 is 9.47 Å². The lowest BCUT2D eigenvalue weighted by Gasteiger charge is -2.21. The number of hydrogen-bond donors (Lipinski definition) is 0. The normalized spacial score (nSPS) is 11.9. The van der Waals surface area contributed by atoms with Crippen molar-refractivity contribution in [2.24, 2.45) is 0 Å². The molecule has 0 unspecified atom stereocenters. The second-order valence-corrected chi connectivity index (χ2v) is 9.29. The molecule has 0 radical (unpaired) electrons. The molecule has 2 heterocycles. The molecule has 5 heteroatoms. The quantitative estimate of drug-likeness (QED) is 0.338. The molecule has 0 spiro atoms. The Bertz CT molecular complexity index is 1250. The summed E-state index contributed by atoms with van der Waals surface area (Å²) < 4.78 is 28.1. The Hall–Kier alpha value is -3.34. The minimum absolute atomic E-state index is 0.0814. The fourth-order valence-corrected chi connectivity index (χ4v) is 3.70. The molecule has 0 atom stereocenters. The second-order valence-electron chi connectivity index (χ2n) is 9.29. The van der Waals surface area contributed by atoms with E-state index in [2.05, 4.69) is 4.98 Å². The molecule has 0 aliphatic carbocycles. The molecule has 4 aromatic rings. The maximum absolute atomic E-state index is 14.6. The number of fused-ring (bicyclic) bond motifs is 1. The SMILES string of the molecule is Cc1cc2ncc(-c3ccc(OC(C)(C)C)cc3)n2cc1-c1ccc(OC(C)C)c(F)c1. The lowest BCUT2D eigenvalue weighted by molar-refractivity contribution is 0.131. The van der Waals surface area contributed by atoms with E-state index in [0.29, 0.717) is 0 Å². The van der Waals surface area contributed by atoms with Gasteiger partial charge in [-0.25, -0.2) is 9.37 Å². The minimum Gasteiger partial charge on any atom is -0.488 e. The highest BCUT2D eigenvalue weighted by atomic mass is 19.1. The summed E-state index contributed by atoms with van der Waals surface area (Å²) in [5.74, 6) is 0.727. The molecule has 0 saturated carbocycles. The van der Waals surface area contributed by atoms with Crippen molar-refractivity contribution >= 4 is 5.65 Å². The number of halogens is 1. The average molecular weight is 433 g/mol. The van der Waals surface area contributed by atoms with Crippen molar-refractivity contribution in [3.8, 4) is 33.9 Å². The van der Waals surface area contributed by atoms with Gasteiger partial charge in [0.25, 0.3) is 0 Å². The van der Waals surface area contributed by atoms with Gasteiger partial charge in [-0.05, 0) is 95.1 Å². The third kappa shape index (κ3) is 4.62. The highest BCUT2D eigenvalue weighted by molar-refractivity contribution is 5.72. The van der Waals surface area contributed by atoms with Gasteiger partial charge in [0.2, 0.25) is 0 Å². The van der Waals surface area contributed by atoms with E-state index in [1.807, 2.05) is 94.7 Å². The summed E-state index contributed by atoms with van der Waals surface area (Å²) in [6.45, 7) is 11.9. The van der Waals surface area contributed by atoms with Crippen LogP contribution in [0.1, 0.15) is 40.2 Å². The maximum Gasteiger partial charge on any atom is 0.165 e. The third-order valence-electron chi connectivity index (χ3n) is 5.03. The van der Waals surface area contributed by atoms with Crippen LogP contribution in [0.2, 0.25) is 0 Å². The predicted molar refractivity (Wildman–Crippen MR) is 127 cm³/mol. The van der Waals surface area contributed by atoms with Crippen LogP contribution in [0.4, 0.5) is 4.39 Å². The van der Waals surface area contributed by atoms with Gasteiger partial charge in [-0.1, -0.05) is 6.07 Å². The number of benzene rings is 2. The number of hydrogen-bond acceptors (Lipinski definition) is 3. The first-order chi connectivity index (χ1) is 15.1. The molecule has 32 heavy (non-hydrogen) atoms. The van der Waals surface area contributed by atoms with Crippen LogP contribution in [0.5, 0.6) is 11.5 Å². The van der Waals surface area contributed by atoms with E-state index in [4.69, 9.17) is 9.47 Å². The maximum atomic E-state index is 14.6. The van der Waals surface area contributed by atoms with Crippen molar-refractivity contribution in [1.29, 1.82) is 0 Å². The standard InChI is InChI=1S/C27H29FN2O2/c1-17(2)31-25-12-9-20(14-23(25)28)22-16-30-24(15-29-26(30)13-18(22)3)19-7-10-21(11-8-19)32-27(4,5)6/h7-17H,1-6H3. The van der Waals surface area contributed by atoms with E-state index in [9.17, 15) is 4.39 Å². The zero-order valence-corrected chi connectivity index (χ0v) is 19.4. The van der Waals surface area contributed by atoms with E-state index in [-0.39, 0.29) is 23.3 Å². The topological polar surface area (TPSA) is 35.8 Å². The lowest BCUT2D eigenvalue weighted by Crippen LogP contribution is -2.22. The van der Waals surface area contributed by atoms with E-state index in [1.165, 1.54) is 6.07 Å². The van der Waals surface area contributed by atoms with Gasteiger partial charge in [0, 0.05) is 17.3 Å². The Morgan fingerprint density at radius 2 is 1.66 bits per heavy atom. The number of rotatable bonds is 5. The molecule has 2 aromatic heterocycles. The van der Waals surface area contributed by atoms with E-state index < -0.39 is 0 Å². The molecular formula is C27H29FN2O2. The molecule has 0 aliphatic heterocycles. The first kappa shape index (κ1) is 21.9. The van der Waals surface area contributed by atoms with Gasteiger partial charge in [-0.3, -0.25) is 4.40 Å². The van der Waals surface area contributed by atoms with Crippen LogP contribution in [0.25, 0.3) is 28.0 Å². The molecule has 0 fully saturated rings. The number of aryl methyl sites for hydroxylation is 1. The zero-order valence-electron chi connectivity index (χ0n) is 19.4. The third-order valence-corrected chi connectivity index (χ3v) is 5.03. The Morgan fingerprint density at radius 1 is 0.969 bits per heavy atom. The van der Waals surface area contributed by atoms with E-state index in [1.54, 1.807) is 6.07 Å². The Balaban J connectivity index is 1.72. The largest absolute Gasteiger partial charge is 0.488 e. The first-order valence-corrected chi connectivity index (χ1v) is 10.8. The fourth-order valence-electron chi connectivity index (χ4n) is 3.70. The van der Waals surface area contributed by atoms with Crippen LogP contribution in [-0.4, -0.2) is 21.1 Å². The molecule has 0 amide bonds. The van der Waals surface area contributed by atoms with Gasteiger partial charge in [0.05, 0.1) is 18.0 Å². The van der Waals surface area contributed by atoms with Crippen LogP contribution in [0, 0.1) is 12.7 Å². The summed E-state index contributed by atoms with van der Waals surface area (Å²) >= 11 is 0. The van der Waals surface area contributed by atoms with Gasteiger partial charge in [0.15, 0.2) is 11.6 Å². The molecule has 166 valence electrons. The van der Waals surface area contributed by atoms with Crippen molar-refractivity contribution in [3.63, 3.8) is 0 Å². The number of pyridine rings is 1. The highest BCUT2D eigenvalue weighted by Gasteiger charge is 2.14. The number of ether oxygens (including phenoxy) is 2. The average Bonchev–Trinajstić information content (AvgIpc) is 3.10. The summed E-state index contributed by atoms with van der Waals surface area (Å²) in [4.78, 5) is 4.57. The molecule has 0 bridgehead atoms. The predicted octanol–water partition coefficient (Wildman–Crippen LogP) is 7.08. The van der Waals surface area contributed by atoms with Gasteiger partial charge in [-0.2, -0.15) is 0 Å². The van der Waals surface area contributed by atoms with Crippen molar-refractivity contribution in [3.05, 3.63) is 72.3 Å². The summed E-state index contributed by atoms with van der Waals surface area (Å²) in [6.07, 6.45) is 3.80. The molecular weight excluding hydrogens is 403 g/mol. The molecule has 2 aromatic carbocycles. The molecule has 0 N–H and O–H groups in total. The van der Waals surface area contributed by atoms with Gasteiger partial charge in [-0.15, -0.1) is 0 Å². The minimum atomic E-state index is -0.365. The second kappa shape index (κ2) is 8.30. The number of nitrogens with zero attached hydrogens (tertiary/aromatic N) is 2. The summed E-state index contributed by atoms with van der Waals surface area (Å²) in [6, 6.07) is 15.1. The van der Waals surface area contributed by atoms with Crippen LogP contribution in [-0.2, 0) is 0 Å². The van der Waals surface area contributed by atoms with E-state index in [0.717, 1.165) is 39.3 Å². The molecule has 4 nitrogen and oxygen atoms in total. The Labute approximate surface area is 188 Å². The molecule has 0 aliphatic rings. The van der Waals surface area contributed by atoms with Gasteiger partial charge in [0.1, 0.15) is 17.0 Å². The van der Waals surface area contributed by atoms with Crippen molar-refractivity contribution < 1.29 is 13.9 Å². The summed E-state index contributed by atoms with van der Waals surface area (Å²) in [5.41, 5.74) is 5.36. The monoisotopic (exact) mass is 432 g/mol. The number of imidazole rings is 1. The first-order valence-electron chi connectivity index (χ1n) is 10.8. The highest BCUT2D eigenvalue weighted by Crippen LogP contribution is 2.31. The summed E-state index contributed by atoms with van der Waals surface area (Å²) in [7, 11) is 0. The number of aromatic nitrogens is 2. The van der Waals surface area contributed by atoms with E-state index >= 15 is 0 Å². The van der Waals surface area contributed by atoms with Crippen molar-refractivity contribution in [2.75, 3.05) is 0 Å². The Morgan fingerprint density at radius 3 is 2.28 bits per heavy atom. The Kier molecular flexibility index (Phi) is 5.68. The van der Waals surface area contributed by atoms with Crippen molar-refractivity contribution in [2.45, 2.75) is 53.2 Å². The van der Waals surface area contributed by atoms with Crippen LogP contribution in [0.3, 0.4) is 0 Å². The van der Waals surface area contributed by atoms with Crippen LogP contribution in [0.15, 0.2) is 60.9 Å². The van der Waals surface area contributed by atoms with Gasteiger partial charge < -0.3 is 9.47 Å². The smallest absolute Gasteiger partial charge is 0.165 e. The van der Waals surface area contributed by atoms with Gasteiger partial charge >= 0.3 is 0 Å². The van der Waals surface area contributed by atoms with Crippen LogP contribution >= 0.6 is 0 Å². The molecule has 4 rings (SSSR count). The zero-order chi connectivity index (χ0) is 23.0. The van der Waals surface area contributed by atoms with Crippen molar-refractivity contribution in [1.82, 2.24) is 9.38 Å². The lowest BCUT2D eigenvalue weighted by atomic mass is 10.0. The fraction of sp³-hybridized carbons (Fsp3) is 0.296.